The van der Waals surface area contributed by atoms with E-state index in [-0.39, 0.29) is 0 Å². The van der Waals surface area contributed by atoms with Crippen LogP contribution in [0.4, 0.5) is 0 Å². The van der Waals surface area contributed by atoms with Gasteiger partial charge in [0.15, 0.2) is 0 Å². The second-order valence-electron chi connectivity index (χ2n) is 1.73. The van der Waals surface area contributed by atoms with Gasteiger partial charge in [0.2, 0.25) is 0 Å². The molecule has 0 aliphatic carbocycles. The molecule has 0 bridgehead atoms. The van der Waals surface area contributed by atoms with Crippen molar-refractivity contribution in [3.05, 3.63) is 11.6 Å². The maximum Gasteiger partial charge on any atom is 0.0277 e. The summed E-state index contributed by atoms with van der Waals surface area (Å²) in [6, 6.07) is 0. The van der Waals surface area contributed by atoms with E-state index in [0.29, 0.717) is 0 Å². The molecule has 1 nitrogen and oxygen atoms in total. The molecule has 9 heavy (non-hydrogen) atoms. The van der Waals surface area contributed by atoms with Crippen LogP contribution >= 0.6 is 12.6 Å². The van der Waals surface area contributed by atoms with Gasteiger partial charge in [-0.05, 0) is 12.0 Å². The molecule has 0 aliphatic heterocycles. The Bertz CT molecular complexity index is 116. The molecule has 0 unspecified atom stereocenters. The highest BCUT2D eigenvalue weighted by atomic mass is 32.1. The predicted octanol–water partition coefficient (Wildman–Crippen LogP) is 1.95. The Hall–Kier alpha value is -0.240. The number of hydrogen-bond acceptors (Lipinski definition) is 2. The molecule has 0 radical (unpaired) electrons. The summed E-state index contributed by atoms with van der Waals surface area (Å²) in [5.41, 5.74) is 1.20. The van der Waals surface area contributed by atoms with Crippen LogP contribution in [0.25, 0.3) is 0 Å². The molecule has 0 saturated heterocycles. The van der Waals surface area contributed by atoms with E-state index in [2.05, 4.69) is 30.6 Å². The molecular formula is C7H13NS. The fourth-order valence-electron chi connectivity index (χ4n) is 0.586. The minimum absolute atomic E-state index is 0.783. The van der Waals surface area contributed by atoms with Crippen molar-refractivity contribution in [2.24, 2.45) is 4.99 Å². The molecule has 0 heterocycles. The van der Waals surface area contributed by atoms with Crippen LogP contribution in [0.3, 0.4) is 0 Å². The molecule has 0 atom stereocenters. The molecule has 0 aromatic rings. The van der Waals surface area contributed by atoms with Crippen molar-refractivity contribution in [3.8, 4) is 0 Å². The second kappa shape index (κ2) is 5.89. The average molecular weight is 143 g/mol. The van der Waals surface area contributed by atoms with E-state index in [9.17, 15) is 0 Å². The lowest BCUT2D eigenvalue weighted by molar-refractivity contribution is 1.21. The minimum Gasteiger partial charge on any atom is -0.296 e. The van der Waals surface area contributed by atoms with E-state index in [1.807, 2.05) is 6.21 Å². The Balaban J connectivity index is 3.81. The SMILES string of the molecule is CC/C=C(\C=NC)CS. The zero-order valence-electron chi connectivity index (χ0n) is 5.96. The Labute approximate surface area is 62.3 Å². The van der Waals surface area contributed by atoms with E-state index >= 15 is 0 Å². The van der Waals surface area contributed by atoms with Gasteiger partial charge in [0.25, 0.3) is 0 Å². The number of hydrogen-bond donors (Lipinski definition) is 1. The lowest BCUT2D eigenvalue weighted by Crippen LogP contribution is -1.85. The molecule has 0 aromatic carbocycles. The third kappa shape index (κ3) is 4.28. The molecule has 0 spiro atoms. The minimum atomic E-state index is 0.783. The Kier molecular flexibility index (Phi) is 5.73. The van der Waals surface area contributed by atoms with Crippen LogP contribution in [-0.4, -0.2) is 19.0 Å². The van der Waals surface area contributed by atoms with Crippen molar-refractivity contribution >= 4 is 18.8 Å². The maximum absolute atomic E-state index is 4.12. The molecule has 2 heteroatoms. The number of aliphatic imine (C=N–C) groups is 1. The molecule has 0 rings (SSSR count). The Morgan fingerprint density at radius 2 is 2.33 bits per heavy atom. The van der Waals surface area contributed by atoms with Crippen molar-refractivity contribution in [2.75, 3.05) is 12.8 Å². The van der Waals surface area contributed by atoms with Crippen LogP contribution in [0.2, 0.25) is 0 Å². The maximum atomic E-state index is 4.12. The summed E-state index contributed by atoms with van der Waals surface area (Å²) < 4.78 is 0. The van der Waals surface area contributed by atoms with E-state index < -0.39 is 0 Å². The summed E-state index contributed by atoms with van der Waals surface area (Å²) in [4.78, 5) is 3.88. The van der Waals surface area contributed by atoms with Gasteiger partial charge >= 0.3 is 0 Å². The first-order valence-electron chi connectivity index (χ1n) is 3.07. The van der Waals surface area contributed by atoms with Gasteiger partial charge in [-0.25, -0.2) is 0 Å². The lowest BCUT2D eigenvalue weighted by Gasteiger charge is -1.91. The molecule has 0 fully saturated rings. The van der Waals surface area contributed by atoms with Crippen molar-refractivity contribution in [2.45, 2.75) is 13.3 Å². The summed E-state index contributed by atoms with van der Waals surface area (Å²) in [6.45, 7) is 2.10. The smallest absolute Gasteiger partial charge is 0.0277 e. The monoisotopic (exact) mass is 143 g/mol. The first-order valence-corrected chi connectivity index (χ1v) is 3.70. The van der Waals surface area contributed by atoms with Crippen LogP contribution in [0.5, 0.6) is 0 Å². The number of thiol groups is 1. The fraction of sp³-hybridized carbons (Fsp3) is 0.571. The summed E-state index contributed by atoms with van der Waals surface area (Å²) >= 11 is 4.12. The highest BCUT2D eigenvalue weighted by Gasteiger charge is 1.84. The van der Waals surface area contributed by atoms with Crippen LogP contribution in [0, 0.1) is 0 Å². The molecule has 52 valence electrons. The van der Waals surface area contributed by atoms with Gasteiger partial charge in [-0.2, -0.15) is 12.6 Å². The van der Waals surface area contributed by atoms with E-state index in [0.717, 1.165) is 12.2 Å². The molecule has 0 aliphatic rings. The summed E-state index contributed by atoms with van der Waals surface area (Å²) in [5, 5.41) is 0. The average Bonchev–Trinajstić information content (AvgIpc) is 1.88. The van der Waals surface area contributed by atoms with Gasteiger partial charge in [0.1, 0.15) is 0 Å². The van der Waals surface area contributed by atoms with Gasteiger partial charge in [0.05, 0.1) is 0 Å². The zero-order chi connectivity index (χ0) is 7.11. The van der Waals surface area contributed by atoms with Gasteiger partial charge in [-0.1, -0.05) is 13.0 Å². The van der Waals surface area contributed by atoms with Crippen LogP contribution in [0.15, 0.2) is 16.6 Å². The van der Waals surface area contributed by atoms with Crippen LogP contribution < -0.4 is 0 Å². The molecule has 0 aromatic heterocycles. The standard InChI is InChI=1S/C7H13NS/c1-3-4-7(6-9)5-8-2/h4-5,9H,3,6H2,1-2H3/b7-4+,8-5?. The second-order valence-corrected chi connectivity index (χ2v) is 2.05. The Morgan fingerprint density at radius 3 is 2.67 bits per heavy atom. The van der Waals surface area contributed by atoms with Gasteiger partial charge < -0.3 is 0 Å². The molecular weight excluding hydrogens is 130 g/mol. The van der Waals surface area contributed by atoms with E-state index in [1.54, 1.807) is 7.05 Å². The van der Waals surface area contributed by atoms with Crippen molar-refractivity contribution in [3.63, 3.8) is 0 Å². The highest BCUT2D eigenvalue weighted by molar-refractivity contribution is 7.80. The summed E-state index contributed by atoms with van der Waals surface area (Å²) in [7, 11) is 1.77. The molecule has 0 N–H and O–H groups in total. The highest BCUT2D eigenvalue weighted by Crippen LogP contribution is 1.95. The summed E-state index contributed by atoms with van der Waals surface area (Å²) in [6.07, 6.45) is 5.03. The normalized spacial score (nSPS) is 13.0. The number of allylic oxidation sites excluding steroid dienone is 1. The van der Waals surface area contributed by atoms with Crippen LogP contribution in [0.1, 0.15) is 13.3 Å². The van der Waals surface area contributed by atoms with Crippen molar-refractivity contribution in [1.82, 2.24) is 0 Å². The zero-order valence-corrected chi connectivity index (χ0v) is 6.86. The quantitative estimate of drug-likeness (QED) is 0.458. The predicted molar refractivity (Wildman–Crippen MR) is 46.6 cm³/mol. The lowest BCUT2D eigenvalue weighted by atomic mass is 10.3. The summed E-state index contributed by atoms with van der Waals surface area (Å²) in [5.74, 6) is 0.783. The van der Waals surface area contributed by atoms with E-state index in [1.165, 1.54) is 5.57 Å². The van der Waals surface area contributed by atoms with Crippen LogP contribution in [-0.2, 0) is 0 Å². The van der Waals surface area contributed by atoms with Gasteiger partial charge in [-0.15, -0.1) is 0 Å². The first-order chi connectivity index (χ1) is 4.35. The molecule has 0 amide bonds. The number of nitrogens with zero attached hydrogens (tertiary/aromatic N) is 1. The fourth-order valence-corrected chi connectivity index (χ4v) is 0.797. The number of rotatable bonds is 3. The van der Waals surface area contributed by atoms with Gasteiger partial charge in [0, 0.05) is 19.0 Å². The van der Waals surface area contributed by atoms with E-state index in [4.69, 9.17) is 0 Å². The van der Waals surface area contributed by atoms with Gasteiger partial charge in [-0.3, -0.25) is 4.99 Å². The van der Waals surface area contributed by atoms with Crippen molar-refractivity contribution in [1.29, 1.82) is 0 Å². The third-order valence-electron chi connectivity index (χ3n) is 0.944. The third-order valence-corrected chi connectivity index (χ3v) is 1.31. The Morgan fingerprint density at radius 1 is 1.67 bits per heavy atom. The first kappa shape index (κ1) is 8.76. The molecule has 0 saturated carbocycles. The van der Waals surface area contributed by atoms with Crippen molar-refractivity contribution < 1.29 is 0 Å². The largest absolute Gasteiger partial charge is 0.296 e. The topological polar surface area (TPSA) is 12.4 Å².